The van der Waals surface area contributed by atoms with E-state index >= 15 is 8.78 Å². The number of rotatable bonds is 11. The highest BCUT2D eigenvalue weighted by molar-refractivity contribution is 14.1. The minimum absolute atomic E-state index is 0.0327. The summed E-state index contributed by atoms with van der Waals surface area (Å²) in [5.74, 6) is -3.66. The van der Waals surface area contributed by atoms with Gasteiger partial charge in [0.2, 0.25) is 10.0 Å². The molecule has 1 heterocycles. The zero-order valence-corrected chi connectivity index (χ0v) is 22.9. The quantitative estimate of drug-likeness (QED) is 0.234. The minimum Gasteiger partial charge on any atom is -0.352 e. The summed E-state index contributed by atoms with van der Waals surface area (Å²) >= 11 is 2.09. The minimum atomic E-state index is -4.50. The van der Waals surface area contributed by atoms with Gasteiger partial charge in [0.15, 0.2) is 11.6 Å². The summed E-state index contributed by atoms with van der Waals surface area (Å²) < 4.78 is 58.9. The van der Waals surface area contributed by atoms with Gasteiger partial charge in [-0.25, -0.2) is 27.0 Å². The van der Waals surface area contributed by atoms with Crippen molar-refractivity contribution in [3.63, 3.8) is 0 Å². The van der Waals surface area contributed by atoms with Gasteiger partial charge in [0.05, 0.1) is 17.9 Å². The number of likely N-dealkylation sites (N-methyl/N-ethyl adjacent to an activating group) is 1. The number of hydrogen-bond donors (Lipinski definition) is 2. The zero-order valence-electron chi connectivity index (χ0n) is 19.9. The lowest BCUT2D eigenvalue weighted by Crippen LogP contribution is -2.31. The molecule has 0 saturated heterocycles. The number of nitrogens with zero attached hydrogens (tertiary/aromatic N) is 2. The van der Waals surface area contributed by atoms with Gasteiger partial charge in [0, 0.05) is 41.2 Å². The van der Waals surface area contributed by atoms with E-state index in [2.05, 4.69) is 38.4 Å². The normalized spacial score (nSPS) is 13.5. The first-order chi connectivity index (χ1) is 17.7. The van der Waals surface area contributed by atoms with Crippen molar-refractivity contribution in [2.75, 3.05) is 25.5 Å². The van der Waals surface area contributed by atoms with Crippen molar-refractivity contribution >= 4 is 49.9 Å². The maximum absolute atomic E-state index is 15.4. The standard InChI is InChI=1S/C25H25F2IN4O4S/c1-32(13-11-18-4-2-3-12-29-18)37(34,35)21-14-20(25(33)31-36-15-16-5-6-16)24(23(27)22(21)26)30-19-9-7-17(28)8-10-19/h2-4,7-10,12,14,16,30H,5-6,11,13,15H2,1H3,(H,31,33). The molecule has 2 aromatic carbocycles. The zero-order chi connectivity index (χ0) is 26.6. The van der Waals surface area contributed by atoms with Crippen molar-refractivity contribution in [3.05, 3.63) is 81.2 Å². The number of hydrogen-bond acceptors (Lipinski definition) is 6. The number of anilines is 2. The number of sulfonamides is 1. The summed E-state index contributed by atoms with van der Waals surface area (Å²) in [5, 5.41) is 2.70. The van der Waals surface area contributed by atoms with Gasteiger partial charge in [0.25, 0.3) is 5.91 Å². The highest BCUT2D eigenvalue weighted by atomic mass is 127. The van der Waals surface area contributed by atoms with E-state index in [0.717, 1.165) is 26.8 Å². The van der Waals surface area contributed by atoms with Crippen LogP contribution in [0.15, 0.2) is 59.6 Å². The van der Waals surface area contributed by atoms with E-state index in [0.29, 0.717) is 17.3 Å². The lowest BCUT2D eigenvalue weighted by atomic mass is 10.1. The highest BCUT2D eigenvalue weighted by Crippen LogP contribution is 2.33. The van der Waals surface area contributed by atoms with Crippen LogP contribution in [0, 0.1) is 21.1 Å². The van der Waals surface area contributed by atoms with Crippen LogP contribution in [0.25, 0.3) is 0 Å². The molecule has 4 rings (SSSR count). The van der Waals surface area contributed by atoms with E-state index in [1.165, 1.54) is 7.05 Å². The Hall–Kier alpha value is -2.68. The van der Waals surface area contributed by atoms with Gasteiger partial charge in [-0.05, 0) is 83.8 Å². The van der Waals surface area contributed by atoms with E-state index in [1.54, 1.807) is 48.7 Å². The van der Waals surface area contributed by atoms with E-state index in [9.17, 15) is 13.2 Å². The van der Waals surface area contributed by atoms with Crippen LogP contribution in [-0.4, -0.2) is 43.8 Å². The second-order valence-corrected chi connectivity index (χ2v) is 11.9. The molecular weight excluding hydrogens is 617 g/mol. The van der Waals surface area contributed by atoms with Crippen LogP contribution in [0.1, 0.15) is 28.9 Å². The van der Waals surface area contributed by atoms with Gasteiger partial charge >= 0.3 is 0 Å². The number of carbonyl (C=O) groups excluding carboxylic acids is 1. The molecule has 12 heteroatoms. The lowest BCUT2D eigenvalue weighted by molar-refractivity contribution is 0.0270. The highest BCUT2D eigenvalue weighted by Gasteiger charge is 2.32. The smallest absolute Gasteiger partial charge is 0.277 e. The van der Waals surface area contributed by atoms with E-state index in [-0.39, 0.29) is 19.6 Å². The third kappa shape index (κ3) is 6.80. The van der Waals surface area contributed by atoms with E-state index in [1.807, 2.05) is 0 Å². The Morgan fingerprint density at radius 3 is 2.54 bits per heavy atom. The third-order valence-corrected chi connectivity index (χ3v) is 8.38. The number of amides is 1. The Morgan fingerprint density at radius 2 is 1.89 bits per heavy atom. The van der Waals surface area contributed by atoms with Crippen molar-refractivity contribution in [1.29, 1.82) is 0 Å². The van der Waals surface area contributed by atoms with Gasteiger partial charge in [-0.15, -0.1) is 0 Å². The van der Waals surface area contributed by atoms with Crippen LogP contribution in [0.5, 0.6) is 0 Å². The van der Waals surface area contributed by atoms with Crippen LogP contribution in [0.2, 0.25) is 0 Å². The summed E-state index contributed by atoms with van der Waals surface area (Å²) in [6.45, 7) is 0.242. The van der Waals surface area contributed by atoms with Gasteiger partial charge in [-0.2, -0.15) is 0 Å². The first-order valence-corrected chi connectivity index (χ1v) is 14.0. The van der Waals surface area contributed by atoms with Crippen LogP contribution in [0.3, 0.4) is 0 Å². The topological polar surface area (TPSA) is 101 Å². The Labute approximate surface area is 227 Å². The number of pyridine rings is 1. The summed E-state index contributed by atoms with van der Waals surface area (Å²) in [7, 11) is -3.24. The molecular formula is C25H25F2IN4O4S. The fourth-order valence-electron chi connectivity index (χ4n) is 3.44. The molecule has 0 aliphatic heterocycles. The van der Waals surface area contributed by atoms with Crippen molar-refractivity contribution < 1.29 is 26.8 Å². The Kier molecular flexibility index (Phi) is 8.72. The van der Waals surface area contributed by atoms with Gasteiger partial charge in [0.1, 0.15) is 4.90 Å². The molecule has 0 unspecified atom stereocenters. The summed E-state index contributed by atoms with van der Waals surface area (Å²) in [6, 6.07) is 12.8. The Balaban J connectivity index is 1.66. The van der Waals surface area contributed by atoms with Gasteiger partial charge in [-0.3, -0.25) is 14.6 Å². The molecule has 2 N–H and O–H groups in total. The first kappa shape index (κ1) is 27.4. The molecule has 1 fully saturated rings. The van der Waals surface area contributed by atoms with E-state index < -0.39 is 43.7 Å². The number of halogens is 3. The molecule has 1 amide bonds. The second kappa shape index (κ2) is 11.8. The monoisotopic (exact) mass is 642 g/mol. The summed E-state index contributed by atoms with van der Waals surface area (Å²) in [4.78, 5) is 21.4. The molecule has 0 spiro atoms. The fraction of sp³-hybridized carbons (Fsp3) is 0.280. The molecule has 1 aliphatic rings. The maximum Gasteiger partial charge on any atom is 0.277 e. The predicted molar refractivity (Wildman–Crippen MR) is 143 cm³/mol. The third-order valence-electron chi connectivity index (χ3n) is 5.81. The van der Waals surface area contributed by atoms with Crippen molar-refractivity contribution in [1.82, 2.24) is 14.8 Å². The number of benzene rings is 2. The van der Waals surface area contributed by atoms with Crippen LogP contribution >= 0.6 is 22.6 Å². The SMILES string of the molecule is CN(CCc1ccccn1)S(=O)(=O)c1cc(C(=O)NOCC2CC2)c(Nc2ccc(I)cc2)c(F)c1F. The second-order valence-electron chi connectivity index (χ2n) is 8.64. The summed E-state index contributed by atoms with van der Waals surface area (Å²) in [6.07, 6.45) is 3.80. The summed E-state index contributed by atoms with van der Waals surface area (Å²) in [5.41, 5.74) is 2.33. The Bertz CT molecular complexity index is 1370. The van der Waals surface area contributed by atoms with Crippen LogP contribution in [0.4, 0.5) is 20.2 Å². The molecule has 8 nitrogen and oxygen atoms in total. The molecule has 0 bridgehead atoms. The maximum atomic E-state index is 15.4. The van der Waals surface area contributed by atoms with Crippen molar-refractivity contribution in [3.8, 4) is 0 Å². The largest absolute Gasteiger partial charge is 0.352 e. The average molecular weight is 642 g/mol. The predicted octanol–water partition coefficient (Wildman–Crippen LogP) is 4.64. The van der Waals surface area contributed by atoms with Gasteiger partial charge < -0.3 is 5.32 Å². The average Bonchev–Trinajstić information content (AvgIpc) is 3.71. The molecule has 3 aromatic rings. The molecule has 1 aliphatic carbocycles. The number of aromatic nitrogens is 1. The number of carbonyl (C=O) groups is 1. The van der Waals surface area contributed by atoms with Gasteiger partial charge in [-0.1, -0.05) is 6.07 Å². The molecule has 1 saturated carbocycles. The lowest BCUT2D eigenvalue weighted by Gasteiger charge is -2.20. The molecule has 0 radical (unpaired) electrons. The van der Waals surface area contributed by atoms with Crippen molar-refractivity contribution in [2.45, 2.75) is 24.2 Å². The molecule has 37 heavy (non-hydrogen) atoms. The molecule has 1 aromatic heterocycles. The fourth-order valence-corrected chi connectivity index (χ4v) is 5.05. The van der Waals surface area contributed by atoms with Crippen molar-refractivity contribution in [2.24, 2.45) is 5.92 Å². The molecule has 196 valence electrons. The first-order valence-electron chi connectivity index (χ1n) is 11.5. The molecule has 0 atom stereocenters. The van der Waals surface area contributed by atoms with E-state index in [4.69, 9.17) is 4.84 Å². The Morgan fingerprint density at radius 1 is 1.16 bits per heavy atom. The van der Waals surface area contributed by atoms with Crippen LogP contribution in [-0.2, 0) is 21.3 Å². The number of nitrogens with one attached hydrogen (secondary N) is 2. The number of hydroxylamine groups is 1. The van der Waals surface area contributed by atoms with Crippen LogP contribution < -0.4 is 10.8 Å².